The minimum absolute atomic E-state index is 0.0161. The third-order valence-electron chi connectivity index (χ3n) is 3.60. The molecule has 20 heavy (non-hydrogen) atoms. The van der Waals surface area contributed by atoms with E-state index in [0.29, 0.717) is 24.0 Å². The van der Waals surface area contributed by atoms with E-state index in [4.69, 9.17) is 9.84 Å². The van der Waals surface area contributed by atoms with Crippen LogP contribution in [0.5, 0.6) is 5.75 Å². The molecule has 0 amide bonds. The maximum Gasteiger partial charge on any atom is 0.358 e. The molecule has 0 saturated heterocycles. The Morgan fingerprint density at radius 2 is 2.15 bits per heavy atom. The Bertz CT molecular complexity index is 667. The summed E-state index contributed by atoms with van der Waals surface area (Å²) in [6.45, 7) is 2.25. The molecule has 3 rings (SSSR count). The lowest BCUT2D eigenvalue weighted by Gasteiger charge is -2.29. The summed E-state index contributed by atoms with van der Waals surface area (Å²) in [4.78, 5) is 15.2. The number of nitrogens with zero attached hydrogens (tertiary/aromatic N) is 1. The van der Waals surface area contributed by atoms with E-state index < -0.39 is 5.97 Å². The Morgan fingerprint density at radius 3 is 2.90 bits per heavy atom. The molecule has 1 aromatic heterocycles. The number of hydrogen-bond donors (Lipinski definition) is 1. The van der Waals surface area contributed by atoms with E-state index in [0.717, 1.165) is 6.42 Å². The largest absolute Gasteiger partial charge is 0.490 e. The van der Waals surface area contributed by atoms with Crippen LogP contribution >= 0.6 is 0 Å². The number of aryl methyl sites for hydroxylation is 1. The average Bonchev–Trinajstić information content (AvgIpc) is 2.41. The van der Waals surface area contributed by atoms with Gasteiger partial charge in [-0.2, -0.15) is 0 Å². The van der Waals surface area contributed by atoms with E-state index in [1.54, 1.807) is 19.1 Å². The van der Waals surface area contributed by atoms with Crippen molar-refractivity contribution in [2.24, 2.45) is 0 Å². The lowest BCUT2D eigenvalue weighted by atomic mass is 9.78. The first-order valence-corrected chi connectivity index (χ1v) is 6.56. The maximum absolute atomic E-state index is 11.2. The Morgan fingerprint density at radius 1 is 1.35 bits per heavy atom. The van der Waals surface area contributed by atoms with E-state index in [9.17, 15) is 4.79 Å². The molecule has 1 aromatic carbocycles. The van der Waals surface area contributed by atoms with Crippen molar-refractivity contribution >= 4 is 5.97 Å². The number of carbonyl (C=O) groups is 1. The fraction of sp³-hybridized carbons (Fsp3) is 0.250. The van der Waals surface area contributed by atoms with Crippen molar-refractivity contribution in [3.63, 3.8) is 0 Å². The molecule has 4 heteroatoms. The number of fused-ring (bicyclic) bond motifs is 1. The molecule has 0 saturated carbocycles. The highest BCUT2D eigenvalue weighted by Crippen LogP contribution is 2.35. The van der Waals surface area contributed by atoms with Crippen LogP contribution in [0.2, 0.25) is 0 Å². The van der Waals surface area contributed by atoms with Crippen molar-refractivity contribution in [1.29, 1.82) is 0 Å². The van der Waals surface area contributed by atoms with Gasteiger partial charge in [0.15, 0.2) is 11.4 Å². The van der Waals surface area contributed by atoms with Gasteiger partial charge < -0.3 is 9.84 Å². The molecule has 2 aromatic rings. The lowest BCUT2D eigenvalue weighted by Crippen LogP contribution is -2.23. The number of aromatic nitrogens is 1. The topological polar surface area (TPSA) is 59.4 Å². The molecule has 0 bridgehead atoms. The molecule has 1 N–H and O–H groups in total. The van der Waals surface area contributed by atoms with Crippen LogP contribution in [0, 0.1) is 6.92 Å². The highest BCUT2D eigenvalue weighted by molar-refractivity contribution is 5.88. The van der Waals surface area contributed by atoms with Gasteiger partial charge in [-0.25, -0.2) is 9.78 Å². The molecule has 1 aliphatic carbocycles. The Kier molecular flexibility index (Phi) is 3.14. The van der Waals surface area contributed by atoms with Gasteiger partial charge in [-0.15, -0.1) is 0 Å². The van der Waals surface area contributed by atoms with Crippen LogP contribution < -0.4 is 4.74 Å². The predicted octanol–water partition coefficient (Wildman–Crippen LogP) is 2.81. The van der Waals surface area contributed by atoms with Crippen LogP contribution in [-0.4, -0.2) is 22.7 Å². The van der Waals surface area contributed by atoms with Crippen molar-refractivity contribution in [1.82, 2.24) is 4.98 Å². The van der Waals surface area contributed by atoms with Crippen LogP contribution in [0.15, 0.2) is 36.4 Å². The number of carboxylic acid groups (broad SMARTS) is 1. The normalized spacial score (nSPS) is 16.1. The Labute approximate surface area is 117 Å². The quantitative estimate of drug-likeness (QED) is 0.927. The van der Waals surface area contributed by atoms with Crippen LogP contribution in [0.25, 0.3) is 0 Å². The summed E-state index contributed by atoms with van der Waals surface area (Å²) in [5, 5.41) is 9.14. The van der Waals surface area contributed by atoms with E-state index >= 15 is 0 Å². The first-order valence-electron chi connectivity index (χ1n) is 6.56. The molecule has 0 spiro atoms. The summed E-state index contributed by atoms with van der Waals surface area (Å²) in [6.07, 6.45) is 0.984. The lowest BCUT2D eigenvalue weighted by molar-refractivity contribution is 0.0684. The fourth-order valence-corrected chi connectivity index (χ4v) is 2.52. The third-order valence-corrected chi connectivity index (χ3v) is 3.60. The van der Waals surface area contributed by atoms with E-state index in [2.05, 4.69) is 17.1 Å². The standard InChI is InChI=1S/C16H15NO3/c1-10-6-7-14(15(17-10)16(18)19)20-9-12-8-11-4-2-3-5-13(11)12/h2-7,12H,8-9H2,1H3,(H,18,19). The van der Waals surface area contributed by atoms with Crippen LogP contribution in [0.4, 0.5) is 0 Å². The molecule has 1 heterocycles. The molecule has 0 radical (unpaired) electrons. The minimum Gasteiger partial charge on any atom is -0.490 e. The summed E-state index contributed by atoms with van der Waals surface area (Å²) < 4.78 is 5.67. The molecule has 1 atom stereocenters. The van der Waals surface area contributed by atoms with Crippen molar-refractivity contribution < 1.29 is 14.6 Å². The first kappa shape index (κ1) is 12.7. The molecule has 0 fully saturated rings. The average molecular weight is 269 g/mol. The second kappa shape index (κ2) is 4.96. The Hall–Kier alpha value is -2.36. The molecular weight excluding hydrogens is 254 g/mol. The van der Waals surface area contributed by atoms with Crippen molar-refractivity contribution in [3.05, 3.63) is 58.9 Å². The van der Waals surface area contributed by atoms with Gasteiger partial charge in [-0.05, 0) is 36.6 Å². The fourth-order valence-electron chi connectivity index (χ4n) is 2.52. The summed E-state index contributed by atoms with van der Waals surface area (Å²) in [6, 6.07) is 11.7. The van der Waals surface area contributed by atoms with Crippen molar-refractivity contribution in [2.75, 3.05) is 6.61 Å². The van der Waals surface area contributed by atoms with Gasteiger partial charge in [0, 0.05) is 11.6 Å². The maximum atomic E-state index is 11.2. The van der Waals surface area contributed by atoms with Gasteiger partial charge in [-0.3, -0.25) is 0 Å². The predicted molar refractivity (Wildman–Crippen MR) is 74.3 cm³/mol. The second-order valence-electron chi connectivity index (χ2n) is 5.02. The summed E-state index contributed by atoms with van der Waals surface area (Å²) in [5.74, 6) is -0.376. The third kappa shape index (κ3) is 2.25. The smallest absolute Gasteiger partial charge is 0.358 e. The molecule has 102 valence electrons. The molecule has 1 aliphatic rings. The second-order valence-corrected chi connectivity index (χ2v) is 5.02. The van der Waals surface area contributed by atoms with Crippen LogP contribution in [0.3, 0.4) is 0 Å². The van der Waals surface area contributed by atoms with Crippen molar-refractivity contribution in [3.8, 4) is 5.75 Å². The summed E-state index contributed by atoms with van der Waals surface area (Å²) in [5.41, 5.74) is 3.30. The SMILES string of the molecule is Cc1ccc(OCC2Cc3ccccc32)c(C(=O)O)n1. The highest BCUT2D eigenvalue weighted by Gasteiger charge is 2.26. The number of rotatable bonds is 4. The Balaban J connectivity index is 1.73. The van der Waals surface area contributed by atoms with Crippen LogP contribution in [0.1, 0.15) is 33.2 Å². The number of pyridine rings is 1. The number of carboxylic acids is 1. The summed E-state index contributed by atoms with van der Waals surface area (Å²) >= 11 is 0. The van der Waals surface area contributed by atoms with Gasteiger partial charge in [-0.1, -0.05) is 24.3 Å². The molecular formula is C16H15NO3. The zero-order valence-corrected chi connectivity index (χ0v) is 11.2. The number of hydrogen-bond acceptors (Lipinski definition) is 3. The molecule has 1 unspecified atom stereocenters. The van der Waals surface area contributed by atoms with Gasteiger partial charge in [0.25, 0.3) is 0 Å². The monoisotopic (exact) mass is 269 g/mol. The summed E-state index contributed by atoms with van der Waals surface area (Å²) in [7, 11) is 0. The van der Waals surface area contributed by atoms with Gasteiger partial charge in [0.2, 0.25) is 0 Å². The van der Waals surface area contributed by atoms with Gasteiger partial charge >= 0.3 is 5.97 Å². The molecule has 4 nitrogen and oxygen atoms in total. The highest BCUT2D eigenvalue weighted by atomic mass is 16.5. The zero-order chi connectivity index (χ0) is 14.1. The number of benzene rings is 1. The van der Waals surface area contributed by atoms with Gasteiger partial charge in [0.05, 0.1) is 6.61 Å². The zero-order valence-electron chi connectivity index (χ0n) is 11.2. The number of ether oxygens (including phenoxy) is 1. The minimum atomic E-state index is -1.06. The van der Waals surface area contributed by atoms with E-state index in [-0.39, 0.29) is 5.69 Å². The molecule has 0 aliphatic heterocycles. The van der Waals surface area contributed by atoms with E-state index in [1.807, 2.05) is 12.1 Å². The van der Waals surface area contributed by atoms with E-state index in [1.165, 1.54) is 11.1 Å². The van der Waals surface area contributed by atoms with Crippen LogP contribution in [-0.2, 0) is 6.42 Å². The van der Waals surface area contributed by atoms with Crippen molar-refractivity contribution in [2.45, 2.75) is 19.3 Å². The van der Waals surface area contributed by atoms with Gasteiger partial charge in [0.1, 0.15) is 0 Å². The number of aromatic carboxylic acids is 1. The first-order chi connectivity index (χ1) is 9.65.